The third kappa shape index (κ3) is 1.68. The van der Waals surface area contributed by atoms with Crippen LogP contribution in [0.15, 0.2) is 4.52 Å². The molecule has 2 fully saturated rings. The molecule has 1 aromatic heterocycles. The average molecular weight is 223 g/mol. The van der Waals surface area contributed by atoms with Crippen molar-refractivity contribution in [2.75, 3.05) is 38.1 Å². The van der Waals surface area contributed by atoms with E-state index in [2.05, 4.69) is 27.0 Å². The van der Waals surface area contributed by atoms with Gasteiger partial charge >= 0.3 is 0 Å². The van der Waals surface area contributed by atoms with Crippen molar-refractivity contribution in [3.63, 3.8) is 0 Å². The van der Waals surface area contributed by atoms with Crippen molar-refractivity contribution < 1.29 is 4.52 Å². The lowest BCUT2D eigenvalue weighted by molar-refractivity contribution is 0.307. The van der Waals surface area contributed by atoms with Crippen LogP contribution in [0, 0.1) is 0 Å². The second-order valence-electron chi connectivity index (χ2n) is 4.85. The number of rotatable bonds is 2. The maximum atomic E-state index is 6.01. The fourth-order valence-corrected chi connectivity index (χ4v) is 1.90. The molecule has 0 unspecified atom stereocenters. The van der Waals surface area contributed by atoms with Gasteiger partial charge in [-0.3, -0.25) is 0 Å². The highest BCUT2D eigenvalue weighted by molar-refractivity contribution is 5.30. The molecule has 0 atom stereocenters. The lowest BCUT2D eigenvalue weighted by Crippen LogP contribution is -2.45. The number of anilines is 1. The highest BCUT2D eigenvalue weighted by Gasteiger charge is 2.46. The molecule has 0 spiro atoms. The normalized spacial score (nSPS) is 24.8. The summed E-state index contributed by atoms with van der Waals surface area (Å²) < 4.78 is 5.23. The topological polar surface area (TPSA) is 71.4 Å². The molecule has 0 bridgehead atoms. The largest absolute Gasteiger partial charge is 0.336 e. The Balaban J connectivity index is 1.72. The number of nitrogens with zero attached hydrogens (tertiary/aromatic N) is 4. The standard InChI is InChI=1S/C10H17N5O/c1-14-4-6-15(7-5-14)9-12-8(16-13-9)10(11)2-3-10/h2-7,11H2,1H3. The maximum Gasteiger partial charge on any atom is 0.266 e. The first kappa shape index (κ1) is 10.0. The number of piperazine rings is 1. The summed E-state index contributed by atoms with van der Waals surface area (Å²) in [7, 11) is 2.12. The van der Waals surface area contributed by atoms with E-state index in [1.165, 1.54) is 0 Å². The van der Waals surface area contributed by atoms with E-state index in [0.717, 1.165) is 39.0 Å². The van der Waals surface area contributed by atoms with Gasteiger partial charge in [0.1, 0.15) is 0 Å². The predicted octanol–water partition coefficient (Wildman–Crippen LogP) is -0.231. The van der Waals surface area contributed by atoms with Crippen LogP contribution in [0.3, 0.4) is 0 Å². The summed E-state index contributed by atoms with van der Waals surface area (Å²) in [5.74, 6) is 1.29. The summed E-state index contributed by atoms with van der Waals surface area (Å²) in [5, 5.41) is 4.01. The van der Waals surface area contributed by atoms with Crippen molar-refractivity contribution >= 4 is 5.95 Å². The molecule has 0 radical (unpaired) electrons. The first-order valence-corrected chi connectivity index (χ1v) is 5.74. The lowest BCUT2D eigenvalue weighted by Gasteiger charge is -2.31. The molecule has 1 aliphatic carbocycles. The Morgan fingerprint density at radius 2 is 1.94 bits per heavy atom. The van der Waals surface area contributed by atoms with Crippen molar-refractivity contribution in [3.8, 4) is 0 Å². The third-order valence-electron chi connectivity index (χ3n) is 3.42. The Bertz CT molecular complexity index is 378. The number of hydrogen-bond donors (Lipinski definition) is 1. The number of hydrogen-bond acceptors (Lipinski definition) is 6. The van der Waals surface area contributed by atoms with Gasteiger partial charge in [0.05, 0.1) is 5.54 Å². The van der Waals surface area contributed by atoms with Gasteiger partial charge in [-0.1, -0.05) is 0 Å². The van der Waals surface area contributed by atoms with Crippen molar-refractivity contribution in [1.29, 1.82) is 0 Å². The smallest absolute Gasteiger partial charge is 0.266 e. The Kier molecular flexibility index (Phi) is 2.15. The first-order chi connectivity index (χ1) is 7.67. The van der Waals surface area contributed by atoms with E-state index in [-0.39, 0.29) is 5.54 Å². The maximum absolute atomic E-state index is 6.01. The zero-order valence-electron chi connectivity index (χ0n) is 9.52. The van der Waals surface area contributed by atoms with Crippen LogP contribution < -0.4 is 10.6 Å². The molecular formula is C10H17N5O. The number of likely N-dealkylation sites (N-methyl/N-ethyl adjacent to an activating group) is 1. The van der Waals surface area contributed by atoms with E-state index in [0.29, 0.717) is 11.8 Å². The first-order valence-electron chi connectivity index (χ1n) is 5.74. The predicted molar refractivity (Wildman–Crippen MR) is 59.1 cm³/mol. The summed E-state index contributed by atoms with van der Waals surface area (Å²) >= 11 is 0. The Hall–Kier alpha value is -1.14. The van der Waals surface area contributed by atoms with Gasteiger partial charge in [-0.25, -0.2) is 0 Å². The van der Waals surface area contributed by atoms with E-state index in [1.807, 2.05) is 0 Å². The lowest BCUT2D eigenvalue weighted by atomic mass is 10.3. The molecule has 0 aromatic carbocycles. The second-order valence-corrected chi connectivity index (χ2v) is 4.85. The van der Waals surface area contributed by atoms with Gasteiger partial charge in [-0.05, 0) is 25.0 Å². The molecule has 1 saturated heterocycles. The van der Waals surface area contributed by atoms with Gasteiger partial charge < -0.3 is 20.1 Å². The molecule has 3 rings (SSSR count). The van der Waals surface area contributed by atoms with Crippen LogP contribution in [-0.4, -0.2) is 48.3 Å². The fraction of sp³-hybridized carbons (Fsp3) is 0.800. The van der Waals surface area contributed by atoms with Crippen molar-refractivity contribution in [2.24, 2.45) is 5.73 Å². The third-order valence-corrected chi connectivity index (χ3v) is 3.42. The quantitative estimate of drug-likeness (QED) is 0.746. The molecule has 1 aliphatic heterocycles. The van der Waals surface area contributed by atoms with Gasteiger partial charge in [0, 0.05) is 26.2 Å². The van der Waals surface area contributed by atoms with Crippen LogP contribution in [0.2, 0.25) is 0 Å². The number of aromatic nitrogens is 2. The minimum absolute atomic E-state index is 0.322. The van der Waals surface area contributed by atoms with E-state index in [1.54, 1.807) is 0 Å². The Morgan fingerprint density at radius 3 is 2.56 bits per heavy atom. The Morgan fingerprint density at radius 1 is 1.25 bits per heavy atom. The summed E-state index contributed by atoms with van der Waals surface area (Å²) in [6.07, 6.45) is 1.91. The molecule has 2 N–H and O–H groups in total. The van der Waals surface area contributed by atoms with Crippen molar-refractivity contribution in [3.05, 3.63) is 5.89 Å². The van der Waals surface area contributed by atoms with E-state index >= 15 is 0 Å². The van der Waals surface area contributed by atoms with Gasteiger partial charge in [0.15, 0.2) is 0 Å². The van der Waals surface area contributed by atoms with E-state index < -0.39 is 0 Å². The van der Waals surface area contributed by atoms with E-state index in [9.17, 15) is 0 Å². The minimum atomic E-state index is -0.322. The molecule has 16 heavy (non-hydrogen) atoms. The highest BCUT2D eigenvalue weighted by Crippen LogP contribution is 2.42. The van der Waals surface area contributed by atoms with Gasteiger partial charge in [-0.15, -0.1) is 0 Å². The van der Waals surface area contributed by atoms with Crippen molar-refractivity contribution in [2.45, 2.75) is 18.4 Å². The molecule has 2 aliphatic rings. The van der Waals surface area contributed by atoms with Crippen LogP contribution >= 0.6 is 0 Å². The molecule has 1 saturated carbocycles. The molecule has 0 amide bonds. The zero-order chi connectivity index (χ0) is 11.2. The van der Waals surface area contributed by atoms with Crippen LogP contribution in [-0.2, 0) is 5.54 Å². The summed E-state index contributed by atoms with van der Waals surface area (Å²) in [6.45, 7) is 3.98. The van der Waals surface area contributed by atoms with Crippen LogP contribution in [0.25, 0.3) is 0 Å². The molecular weight excluding hydrogens is 206 g/mol. The summed E-state index contributed by atoms with van der Waals surface area (Å²) in [6, 6.07) is 0. The second kappa shape index (κ2) is 3.43. The number of nitrogens with two attached hydrogens (primary N) is 1. The van der Waals surface area contributed by atoms with Gasteiger partial charge in [-0.2, -0.15) is 4.98 Å². The van der Waals surface area contributed by atoms with E-state index in [4.69, 9.17) is 10.3 Å². The zero-order valence-corrected chi connectivity index (χ0v) is 9.52. The highest BCUT2D eigenvalue weighted by atomic mass is 16.5. The van der Waals surface area contributed by atoms with Crippen LogP contribution in [0.5, 0.6) is 0 Å². The van der Waals surface area contributed by atoms with Gasteiger partial charge in [0.2, 0.25) is 5.89 Å². The molecule has 2 heterocycles. The summed E-state index contributed by atoms with van der Waals surface area (Å²) in [5.41, 5.74) is 5.69. The average Bonchev–Trinajstić information content (AvgIpc) is 2.84. The summed E-state index contributed by atoms with van der Waals surface area (Å²) in [4.78, 5) is 8.84. The Labute approximate surface area is 94.4 Å². The molecule has 1 aromatic rings. The molecule has 88 valence electrons. The monoisotopic (exact) mass is 223 g/mol. The van der Waals surface area contributed by atoms with Crippen LogP contribution in [0.4, 0.5) is 5.95 Å². The van der Waals surface area contributed by atoms with Gasteiger partial charge in [0.25, 0.3) is 5.95 Å². The molecule has 6 nitrogen and oxygen atoms in total. The minimum Gasteiger partial charge on any atom is -0.336 e. The fourth-order valence-electron chi connectivity index (χ4n) is 1.90. The SMILES string of the molecule is CN1CCN(c2noc(C3(N)CC3)n2)CC1. The molecule has 6 heteroatoms. The van der Waals surface area contributed by atoms with Crippen molar-refractivity contribution in [1.82, 2.24) is 15.0 Å². The van der Waals surface area contributed by atoms with Crippen LogP contribution in [0.1, 0.15) is 18.7 Å².